The van der Waals surface area contributed by atoms with Gasteiger partial charge in [-0.3, -0.25) is 20.4 Å². The quantitative estimate of drug-likeness (QED) is 0.575. The van der Waals surface area contributed by atoms with Crippen molar-refractivity contribution in [3.8, 4) is 11.5 Å². The summed E-state index contributed by atoms with van der Waals surface area (Å²) in [6.07, 6.45) is 0. The van der Waals surface area contributed by atoms with Gasteiger partial charge in [0.2, 0.25) is 10.0 Å². The second-order valence-electron chi connectivity index (χ2n) is 6.60. The lowest BCUT2D eigenvalue weighted by molar-refractivity contribution is -0.123. The van der Waals surface area contributed by atoms with Crippen LogP contribution in [0, 0.1) is 5.82 Å². The van der Waals surface area contributed by atoms with Crippen LogP contribution in [-0.2, 0) is 19.6 Å². The number of nitrogens with one attached hydrogen (secondary N) is 2. The second kappa shape index (κ2) is 10.4. The van der Waals surface area contributed by atoms with E-state index in [9.17, 15) is 22.4 Å². The number of carbonyl (C=O) groups excluding carboxylic acids is 2. The molecule has 12 heteroatoms. The molecule has 1 fully saturated rings. The Kier molecular flexibility index (Phi) is 7.62. The van der Waals surface area contributed by atoms with Gasteiger partial charge in [-0.1, -0.05) is 12.1 Å². The maximum absolute atomic E-state index is 14.3. The van der Waals surface area contributed by atoms with E-state index in [-0.39, 0.29) is 31.9 Å². The molecule has 0 unspecified atom stereocenters. The average Bonchev–Trinajstić information content (AvgIpc) is 2.82. The number of hydrogen-bond donors (Lipinski definition) is 2. The SMILES string of the molecule is COc1ccccc1OCC(=O)NNC(=O)c1ccc(F)c(S(=O)(=O)N2CCOCC2)c1. The van der Waals surface area contributed by atoms with Gasteiger partial charge in [-0.25, -0.2) is 12.8 Å². The van der Waals surface area contributed by atoms with Gasteiger partial charge in [0, 0.05) is 18.7 Å². The van der Waals surface area contributed by atoms with Gasteiger partial charge in [-0.2, -0.15) is 4.31 Å². The van der Waals surface area contributed by atoms with Crippen LogP contribution in [0.5, 0.6) is 11.5 Å². The van der Waals surface area contributed by atoms with Gasteiger partial charge in [-0.05, 0) is 30.3 Å². The van der Waals surface area contributed by atoms with Crippen LogP contribution in [0.15, 0.2) is 47.4 Å². The molecule has 0 spiro atoms. The van der Waals surface area contributed by atoms with Gasteiger partial charge in [-0.15, -0.1) is 0 Å². The number of morpholine rings is 1. The van der Waals surface area contributed by atoms with Crippen molar-refractivity contribution >= 4 is 21.8 Å². The molecule has 0 atom stereocenters. The molecular weight excluding hydrogens is 445 g/mol. The summed E-state index contributed by atoms with van der Waals surface area (Å²) in [5.41, 5.74) is 4.14. The van der Waals surface area contributed by atoms with Crippen molar-refractivity contribution in [3.63, 3.8) is 0 Å². The van der Waals surface area contributed by atoms with Crippen molar-refractivity contribution < 1.29 is 36.6 Å². The minimum Gasteiger partial charge on any atom is -0.493 e. The van der Waals surface area contributed by atoms with E-state index >= 15 is 0 Å². The Morgan fingerprint density at radius 2 is 1.78 bits per heavy atom. The number of carbonyl (C=O) groups is 2. The molecule has 0 saturated carbocycles. The lowest BCUT2D eigenvalue weighted by Crippen LogP contribution is -2.44. The molecule has 32 heavy (non-hydrogen) atoms. The van der Waals surface area contributed by atoms with Crippen molar-refractivity contribution in [1.82, 2.24) is 15.2 Å². The predicted molar refractivity (Wildman–Crippen MR) is 110 cm³/mol. The number of para-hydroxylation sites is 2. The fourth-order valence-electron chi connectivity index (χ4n) is 2.88. The predicted octanol–water partition coefficient (Wildman–Crippen LogP) is 0.695. The maximum atomic E-state index is 14.3. The van der Waals surface area contributed by atoms with Gasteiger partial charge in [0.05, 0.1) is 20.3 Å². The van der Waals surface area contributed by atoms with Gasteiger partial charge >= 0.3 is 0 Å². The highest BCUT2D eigenvalue weighted by molar-refractivity contribution is 7.89. The molecule has 2 aromatic carbocycles. The van der Waals surface area contributed by atoms with Crippen LogP contribution in [0.25, 0.3) is 0 Å². The summed E-state index contributed by atoms with van der Waals surface area (Å²) in [5, 5.41) is 0. The Hall–Kier alpha value is -3.22. The molecule has 10 nitrogen and oxygen atoms in total. The number of rotatable bonds is 7. The summed E-state index contributed by atoms with van der Waals surface area (Å²) in [7, 11) is -2.69. The van der Waals surface area contributed by atoms with E-state index in [0.717, 1.165) is 22.5 Å². The van der Waals surface area contributed by atoms with Crippen LogP contribution in [0.2, 0.25) is 0 Å². The van der Waals surface area contributed by atoms with Crippen molar-refractivity contribution in [3.05, 3.63) is 53.8 Å². The lowest BCUT2D eigenvalue weighted by atomic mass is 10.2. The summed E-state index contributed by atoms with van der Waals surface area (Å²) >= 11 is 0. The average molecular weight is 467 g/mol. The first-order valence-corrected chi connectivity index (χ1v) is 11.0. The molecule has 0 aliphatic carbocycles. The minimum absolute atomic E-state index is 0.0838. The fourth-order valence-corrected chi connectivity index (χ4v) is 4.38. The molecule has 0 radical (unpaired) electrons. The third-order valence-electron chi connectivity index (χ3n) is 4.52. The molecule has 1 aliphatic rings. The first-order valence-electron chi connectivity index (χ1n) is 9.55. The van der Waals surface area contributed by atoms with E-state index in [0.29, 0.717) is 11.5 Å². The Morgan fingerprint density at radius 1 is 1.09 bits per heavy atom. The van der Waals surface area contributed by atoms with Crippen molar-refractivity contribution in [2.24, 2.45) is 0 Å². The summed E-state index contributed by atoms with van der Waals surface area (Å²) in [4.78, 5) is 23.7. The number of ether oxygens (including phenoxy) is 3. The summed E-state index contributed by atoms with van der Waals surface area (Å²) in [5.74, 6) is -1.71. The van der Waals surface area contributed by atoms with E-state index in [2.05, 4.69) is 10.9 Å². The Bertz CT molecular complexity index is 1090. The maximum Gasteiger partial charge on any atom is 0.276 e. The van der Waals surface area contributed by atoms with Gasteiger partial charge in [0.25, 0.3) is 11.8 Å². The van der Waals surface area contributed by atoms with Crippen LogP contribution in [-0.4, -0.2) is 64.6 Å². The largest absolute Gasteiger partial charge is 0.493 e. The fraction of sp³-hybridized carbons (Fsp3) is 0.300. The second-order valence-corrected chi connectivity index (χ2v) is 8.51. The van der Waals surface area contributed by atoms with Gasteiger partial charge < -0.3 is 14.2 Å². The van der Waals surface area contributed by atoms with Crippen molar-refractivity contribution in [2.75, 3.05) is 40.0 Å². The molecule has 2 N–H and O–H groups in total. The summed E-state index contributed by atoms with van der Waals surface area (Å²) in [6.45, 7) is 0.148. The number of halogens is 1. The number of nitrogens with zero attached hydrogens (tertiary/aromatic N) is 1. The number of benzene rings is 2. The third-order valence-corrected chi connectivity index (χ3v) is 6.44. The molecule has 1 aliphatic heterocycles. The Labute approximate surface area is 184 Å². The summed E-state index contributed by atoms with van der Waals surface area (Å²) in [6, 6.07) is 9.63. The molecule has 0 bridgehead atoms. The van der Waals surface area contributed by atoms with E-state index < -0.39 is 39.2 Å². The van der Waals surface area contributed by atoms with E-state index in [1.807, 2.05) is 0 Å². The zero-order valence-electron chi connectivity index (χ0n) is 17.2. The van der Waals surface area contributed by atoms with Crippen molar-refractivity contribution in [1.29, 1.82) is 0 Å². The number of sulfonamides is 1. The first-order chi connectivity index (χ1) is 15.3. The van der Waals surface area contributed by atoms with Crippen LogP contribution in [0.3, 0.4) is 0 Å². The zero-order chi connectivity index (χ0) is 23.1. The normalized spacial score (nSPS) is 14.4. The molecule has 1 saturated heterocycles. The molecule has 2 aromatic rings. The molecule has 172 valence electrons. The third kappa shape index (κ3) is 5.52. The molecular formula is C20H22FN3O7S. The van der Waals surface area contributed by atoms with Gasteiger partial charge in [0.1, 0.15) is 10.7 Å². The molecule has 1 heterocycles. The van der Waals surface area contributed by atoms with Crippen LogP contribution in [0.1, 0.15) is 10.4 Å². The Balaban J connectivity index is 1.61. The first kappa shape index (κ1) is 23.4. The van der Waals surface area contributed by atoms with Crippen molar-refractivity contribution in [2.45, 2.75) is 4.90 Å². The van der Waals surface area contributed by atoms with Crippen LogP contribution in [0.4, 0.5) is 4.39 Å². The highest BCUT2D eigenvalue weighted by Crippen LogP contribution is 2.25. The van der Waals surface area contributed by atoms with Crippen LogP contribution < -0.4 is 20.3 Å². The molecule has 3 rings (SSSR count). The lowest BCUT2D eigenvalue weighted by Gasteiger charge is -2.26. The van der Waals surface area contributed by atoms with Crippen LogP contribution >= 0.6 is 0 Å². The molecule has 0 aromatic heterocycles. The number of hydrogen-bond acceptors (Lipinski definition) is 7. The monoisotopic (exact) mass is 467 g/mol. The van der Waals surface area contributed by atoms with E-state index in [4.69, 9.17) is 14.2 Å². The summed E-state index contributed by atoms with van der Waals surface area (Å²) < 4.78 is 56.4. The number of amides is 2. The number of methoxy groups -OCH3 is 1. The van der Waals surface area contributed by atoms with E-state index in [1.54, 1.807) is 24.3 Å². The Morgan fingerprint density at radius 3 is 2.47 bits per heavy atom. The highest BCUT2D eigenvalue weighted by atomic mass is 32.2. The number of hydrazine groups is 1. The van der Waals surface area contributed by atoms with Gasteiger partial charge in [0.15, 0.2) is 18.1 Å². The minimum atomic E-state index is -4.15. The standard InChI is InChI=1S/C20H22FN3O7S/c1-29-16-4-2-3-5-17(16)31-13-19(25)22-23-20(26)14-6-7-15(21)18(12-14)32(27,28)24-8-10-30-11-9-24/h2-7,12H,8-11,13H2,1H3,(H,22,25)(H,23,26). The van der Waals surface area contributed by atoms with E-state index in [1.165, 1.54) is 7.11 Å². The highest BCUT2D eigenvalue weighted by Gasteiger charge is 2.29. The smallest absolute Gasteiger partial charge is 0.276 e. The topological polar surface area (TPSA) is 123 Å². The zero-order valence-corrected chi connectivity index (χ0v) is 18.0. The molecule has 2 amide bonds.